The summed E-state index contributed by atoms with van der Waals surface area (Å²) in [5.41, 5.74) is 1.95. The minimum Gasteiger partial charge on any atom is -0.366 e. The zero-order valence-corrected chi connectivity index (χ0v) is 17.8. The van der Waals surface area contributed by atoms with Crippen molar-refractivity contribution in [2.24, 2.45) is 0 Å². The van der Waals surface area contributed by atoms with Gasteiger partial charge in [-0.2, -0.15) is 0 Å². The first-order valence-electron chi connectivity index (χ1n) is 9.72. The molecule has 0 atom stereocenters. The molecule has 152 valence electrons. The van der Waals surface area contributed by atoms with Crippen molar-refractivity contribution in [2.45, 2.75) is 0 Å². The number of rotatable bonds is 4. The number of carbonyl (C=O) groups is 2. The average Bonchev–Trinajstić information content (AvgIpc) is 2.79. The van der Waals surface area contributed by atoms with Crippen molar-refractivity contribution in [3.8, 4) is 0 Å². The predicted molar refractivity (Wildman–Crippen MR) is 119 cm³/mol. The van der Waals surface area contributed by atoms with Crippen molar-refractivity contribution in [3.63, 3.8) is 0 Å². The molecule has 0 unspecified atom stereocenters. The molecule has 0 bridgehead atoms. The summed E-state index contributed by atoms with van der Waals surface area (Å²) in [5.74, 6) is -0.651. The van der Waals surface area contributed by atoms with Crippen LogP contribution in [0.4, 0.5) is 10.1 Å². The van der Waals surface area contributed by atoms with Crippen molar-refractivity contribution in [1.82, 2.24) is 4.90 Å². The van der Waals surface area contributed by atoms with Crippen LogP contribution in [-0.4, -0.2) is 42.8 Å². The van der Waals surface area contributed by atoms with Crippen LogP contribution in [0.25, 0.3) is 0 Å². The summed E-state index contributed by atoms with van der Waals surface area (Å²) in [6.07, 6.45) is 0. The van der Waals surface area contributed by atoms with Gasteiger partial charge in [0.15, 0.2) is 5.78 Å². The molecular weight excluding hydrogens is 447 g/mol. The summed E-state index contributed by atoms with van der Waals surface area (Å²) in [7, 11) is 0. The molecule has 0 aromatic heterocycles. The van der Waals surface area contributed by atoms with Gasteiger partial charge in [0.25, 0.3) is 5.91 Å². The van der Waals surface area contributed by atoms with E-state index >= 15 is 0 Å². The maximum Gasteiger partial charge on any atom is 0.253 e. The van der Waals surface area contributed by atoms with Gasteiger partial charge in [-0.1, -0.05) is 46.3 Å². The van der Waals surface area contributed by atoms with Crippen LogP contribution < -0.4 is 4.90 Å². The van der Waals surface area contributed by atoms with E-state index in [1.165, 1.54) is 6.07 Å². The molecule has 4 nitrogen and oxygen atoms in total. The zero-order chi connectivity index (χ0) is 21.1. The molecule has 1 amide bonds. The molecule has 0 N–H and O–H groups in total. The van der Waals surface area contributed by atoms with Gasteiger partial charge in [-0.15, -0.1) is 0 Å². The highest BCUT2D eigenvalue weighted by atomic mass is 79.9. The quantitative estimate of drug-likeness (QED) is 0.519. The number of hydrogen-bond acceptors (Lipinski definition) is 3. The van der Waals surface area contributed by atoms with E-state index < -0.39 is 5.82 Å². The van der Waals surface area contributed by atoms with Gasteiger partial charge in [-0.05, 0) is 42.5 Å². The van der Waals surface area contributed by atoms with E-state index in [4.69, 9.17) is 0 Å². The number of hydrogen-bond donors (Lipinski definition) is 0. The minimum absolute atomic E-state index is 0.0218. The second-order valence-electron chi connectivity index (χ2n) is 7.15. The molecule has 30 heavy (non-hydrogen) atoms. The molecule has 0 spiro atoms. The lowest BCUT2D eigenvalue weighted by Gasteiger charge is -2.36. The molecule has 0 radical (unpaired) electrons. The second kappa shape index (κ2) is 8.79. The highest BCUT2D eigenvalue weighted by Gasteiger charge is 2.24. The number of nitrogens with zero attached hydrogens (tertiary/aromatic N) is 2. The number of piperazine rings is 1. The van der Waals surface area contributed by atoms with E-state index in [2.05, 4.69) is 15.9 Å². The molecule has 3 aromatic carbocycles. The smallest absolute Gasteiger partial charge is 0.253 e. The summed E-state index contributed by atoms with van der Waals surface area (Å²) in [5, 5.41) is 0. The van der Waals surface area contributed by atoms with Crippen LogP contribution in [0.15, 0.2) is 77.3 Å². The summed E-state index contributed by atoms with van der Waals surface area (Å²) in [6, 6.07) is 20.7. The van der Waals surface area contributed by atoms with Crippen molar-refractivity contribution in [2.75, 3.05) is 31.1 Å². The molecule has 1 fully saturated rings. The van der Waals surface area contributed by atoms with E-state index in [0.29, 0.717) is 48.6 Å². The fraction of sp³-hybridized carbons (Fsp3) is 0.167. The predicted octanol–water partition coefficient (Wildman–Crippen LogP) is 4.78. The van der Waals surface area contributed by atoms with Crippen LogP contribution in [0.1, 0.15) is 26.3 Å². The van der Waals surface area contributed by atoms with Crippen LogP contribution in [-0.2, 0) is 0 Å². The van der Waals surface area contributed by atoms with E-state index in [1.807, 2.05) is 23.1 Å². The van der Waals surface area contributed by atoms with Gasteiger partial charge >= 0.3 is 0 Å². The summed E-state index contributed by atoms with van der Waals surface area (Å²) < 4.78 is 15.7. The van der Waals surface area contributed by atoms with Crippen LogP contribution in [0.3, 0.4) is 0 Å². The van der Waals surface area contributed by atoms with Crippen LogP contribution >= 0.6 is 15.9 Å². The molecule has 3 aromatic rings. The number of anilines is 1. The van der Waals surface area contributed by atoms with Gasteiger partial charge < -0.3 is 9.80 Å². The molecule has 1 aliphatic heterocycles. The molecule has 1 aliphatic rings. The number of carbonyl (C=O) groups excluding carboxylic acids is 2. The summed E-state index contributed by atoms with van der Waals surface area (Å²) in [6.45, 7) is 2.09. The summed E-state index contributed by atoms with van der Waals surface area (Å²) >= 11 is 3.37. The Morgan fingerprint density at radius 3 is 2.03 bits per heavy atom. The average molecular weight is 467 g/mol. The number of amides is 1. The molecule has 4 rings (SSSR count). The van der Waals surface area contributed by atoms with E-state index in [0.717, 1.165) is 4.47 Å². The third-order valence-electron chi connectivity index (χ3n) is 5.24. The van der Waals surface area contributed by atoms with E-state index in [9.17, 15) is 14.0 Å². The monoisotopic (exact) mass is 466 g/mol. The largest absolute Gasteiger partial charge is 0.366 e. The molecule has 0 saturated carbocycles. The standard InChI is InChI=1S/C24H20BrFN2O2/c25-20-9-6-18(7-10-20)24(30)28-14-12-27(13-15-28)22-11-8-19(16-21(22)26)23(29)17-4-2-1-3-5-17/h1-11,16H,12-15H2. The minimum atomic E-state index is -0.426. The van der Waals surface area contributed by atoms with Crippen molar-refractivity contribution >= 4 is 33.3 Å². The Kier molecular flexibility index (Phi) is 5.95. The first kappa shape index (κ1) is 20.3. The Balaban J connectivity index is 1.43. The zero-order valence-electron chi connectivity index (χ0n) is 16.2. The Morgan fingerprint density at radius 1 is 0.767 bits per heavy atom. The Bertz CT molecular complexity index is 1060. The van der Waals surface area contributed by atoms with E-state index in [-0.39, 0.29) is 11.7 Å². The van der Waals surface area contributed by atoms with Crippen LogP contribution in [0, 0.1) is 5.82 Å². The fourth-order valence-electron chi connectivity index (χ4n) is 3.59. The molecule has 6 heteroatoms. The SMILES string of the molecule is O=C(c1ccccc1)c1ccc(N2CCN(C(=O)c3ccc(Br)cc3)CC2)c(F)c1. The summed E-state index contributed by atoms with van der Waals surface area (Å²) in [4.78, 5) is 28.9. The Morgan fingerprint density at radius 2 is 1.40 bits per heavy atom. The normalized spacial score (nSPS) is 13.9. The maximum atomic E-state index is 14.8. The molecule has 0 aliphatic carbocycles. The van der Waals surface area contributed by atoms with Crippen molar-refractivity contribution < 1.29 is 14.0 Å². The fourth-order valence-corrected chi connectivity index (χ4v) is 3.85. The molecule has 1 saturated heterocycles. The number of ketones is 1. The molecule has 1 heterocycles. The van der Waals surface area contributed by atoms with Gasteiger partial charge in [-0.25, -0.2) is 4.39 Å². The topological polar surface area (TPSA) is 40.6 Å². The highest BCUT2D eigenvalue weighted by molar-refractivity contribution is 9.10. The maximum absolute atomic E-state index is 14.8. The number of halogens is 2. The lowest BCUT2D eigenvalue weighted by molar-refractivity contribution is 0.0746. The van der Waals surface area contributed by atoms with Gasteiger partial charge in [0.2, 0.25) is 0 Å². The van der Waals surface area contributed by atoms with Crippen LogP contribution in [0.5, 0.6) is 0 Å². The van der Waals surface area contributed by atoms with Gasteiger partial charge in [0.1, 0.15) is 5.82 Å². The highest BCUT2D eigenvalue weighted by Crippen LogP contribution is 2.24. The van der Waals surface area contributed by atoms with Crippen molar-refractivity contribution in [3.05, 3.63) is 99.8 Å². The van der Waals surface area contributed by atoms with Crippen molar-refractivity contribution in [1.29, 1.82) is 0 Å². The third kappa shape index (κ3) is 4.28. The van der Waals surface area contributed by atoms with Crippen LogP contribution in [0.2, 0.25) is 0 Å². The first-order chi connectivity index (χ1) is 14.5. The van der Waals surface area contributed by atoms with E-state index in [1.54, 1.807) is 53.4 Å². The second-order valence-corrected chi connectivity index (χ2v) is 8.06. The van der Waals surface area contributed by atoms with Gasteiger partial charge in [0, 0.05) is 47.3 Å². The van der Waals surface area contributed by atoms with Gasteiger partial charge in [-0.3, -0.25) is 9.59 Å². The molecular formula is C24H20BrFN2O2. The Labute approximate surface area is 183 Å². The lowest BCUT2D eigenvalue weighted by atomic mass is 10.0. The first-order valence-corrected chi connectivity index (χ1v) is 10.5. The number of benzene rings is 3. The van der Waals surface area contributed by atoms with Gasteiger partial charge in [0.05, 0.1) is 5.69 Å². The lowest BCUT2D eigenvalue weighted by Crippen LogP contribution is -2.49. The third-order valence-corrected chi connectivity index (χ3v) is 5.77. The Hall–Kier alpha value is -2.99.